The first-order valence-corrected chi connectivity index (χ1v) is 13.8. The molecule has 3 aromatic heterocycles. The summed E-state index contributed by atoms with van der Waals surface area (Å²) in [6, 6.07) is 9.73. The van der Waals surface area contributed by atoms with Crippen molar-refractivity contribution in [3.8, 4) is 17.3 Å². The zero-order chi connectivity index (χ0) is 28.6. The molecule has 0 atom stereocenters. The average molecular weight is 566 g/mol. The maximum absolute atomic E-state index is 15.3. The van der Waals surface area contributed by atoms with Crippen molar-refractivity contribution >= 4 is 39.5 Å². The lowest BCUT2D eigenvalue weighted by Gasteiger charge is -2.36. The molecule has 1 saturated heterocycles. The van der Waals surface area contributed by atoms with Crippen LogP contribution in [-0.2, 0) is 11.2 Å². The Kier molecular flexibility index (Phi) is 7.33. The lowest BCUT2D eigenvalue weighted by atomic mass is 10.1. The number of carbonyl (C=O) groups is 1. The van der Waals surface area contributed by atoms with Crippen molar-refractivity contribution in [3.05, 3.63) is 58.7 Å². The summed E-state index contributed by atoms with van der Waals surface area (Å²) in [5.41, 5.74) is 2.94. The van der Waals surface area contributed by atoms with Crippen LogP contribution in [0.15, 0.2) is 36.5 Å². The van der Waals surface area contributed by atoms with Crippen LogP contribution in [0.5, 0.6) is 0 Å². The highest BCUT2D eigenvalue weighted by atomic mass is 32.1. The third-order valence-corrected chi connectivity index (χ3v) is 7.33. The number of amides is 1. The summed E-state index contributed by atoms with van der Waals surface area (Å²) >= 11 is 1.18. The van der Waals surface area contributed by atoms with E-state index >= 15 is 4.39 Å². The molecule has 0 unspecified atom stereocenters. The van der Waals surface area contributed by atoms with E-state index in [1.807, 2.05) is 32.6 Å². The van der Waals surface area contributed by atoms with Gasteiger partial charge in [0.05, 0.1) is 28.8 Å². The third kappa shape index (κ3) is 5.56. The molecule has 1 fully saturated rings. The predicted octanol–water partition coefficient (Wildman–Crippen LogP) is 5.97. The summed E-state index contributed by atoms with van der Waals surface area (Å²) in [5, 5.41) is 18.0. The number of rotatable bonds is 5. The standard InChI is InChI=1S/C28H29F2N7O2S/c1-5-20-25(33-26-32-24(23(15-31)40-26)17-6-8-18(29)9-7-17)22-14-21(19(30)16-37(22)34-20)35-10-12-36(13-11-35)27(38)39-28(2,3)4/h6-9,14,16H,5,10-13H2,1-4H3,(H,32,33). The first-order chi connectivity index (χ1) is 19.1. The topological polar surface area (TPSA) is 98.8 Å². The van der Waals surface area contributed by atoms with Crippen LogP contribution in [-0.4, -0.2) is 57.4 Å². The van der Waals surface area contributed by atoms with Crippen molar-refractivity contribution in [2.45, 2.75) is 39.7 Å². The Balaban J connectivity index is 1.43. The zero-order valence-electron chi connectivity index (χ0n) is 22.7. The van der Waals surface area contributed by atoms with Gasteiger partial charge in [0.25, 0.3) is 0 Å². The first-order valence-electron chi connectivity index (χ1n) is 12.9. The van der Waals surface area contributed by atoms with Crippen LogP contribution < -0.4 is 10.2 Å². The minimum atomic E-state index is -0.584. The van der Waals surface area contributed by atoms with Crippen molar-refractivity contribution in [1.82, 2.24) is 19.5 Å². The minimum Gasteiger partial charge on any atom is -0.444 e. The lowest BCUT2D eigenvalue weighted by molar-refractivity contribution is 0.0240. The van der Waals surface area contributed by atoms with Crippen LogP contribution in [0.2, 0.25) is 0 Å². The molecule has 1 amide bonds. The monoisotopic (exact) mass is 565 g/mol. The number of nitrogens with zero attached hydrogens (tertiary/aromatic N) is 6. The van der Waals surface area contributed by atoms with Crippen molar-refractivity contribution < 1.29 is 18.3 Å². The van der Waals surface area contributed by atoms with Gasteiger partial charge >= 0.3 is 6.09 Å². The van der Waals surface area contributed by atoms with E-state index < -0.39 is 11.4 Å². The van der Waals surface area contributed by atoms with E-state index in [0.717, 1.165) is 0 Å². The maximum Gasteiger partial charge on any atom is 0.410 e. The van der Waals surface area contributed by atoms with Crippen LogP contribution in [0, 0.1) is 23.0 Å². The molecule has 0 aliphatic carbocycles. The first kappa shape index (κ1) is 27.3. The Morgan fingerprint density at radius 2 is 1.88 bits per heavy atom. The van der Waals surface area contributed by atoms with E-state index in [1.54, 1.807) is 23.1 Å². The minimum absolute atomic E-state index is 0.371. The molecule has 0 radical (unpaired) electrons. The number of aryl methyl sites for hydroxylation is 1. The molecule has 1 N–H and O–H groups in total. The number of hydrogen-bond donors (Lipinski definition) is 1. The van der Waals surface area contributed by atoms with Gasteiger partial charge in [0, 0.05) is 31.7 Å². The van der Waals surface area contributed by atoms with Gasteiger partial charge in [0.2, 0.25) is 0 Å². The van der Waals surface area contributed by atoms with Crippen molar-refractivity contribution in [3.63, 3.8) is 0 Å². The molecule has 0 bridgehead atoms. The lowest BCUT2D eigenvalue weighted by Crippen LogP contribution is -2.50. The summed E-state index contributed by atoms with van der Waals surface area (Å²) in [6.07, 6.45) is 1.55. The van der Waals surface area contributed by atoms with Crippen LogP contribution in [0.3, 0.4) is 0 Å². The molecule has 4 heterocycles. The largest absolute Gasteiger partial charge is 0.444 e. The third-order valence-electron chi connectivity index (χ3n) is 6.46. The summed E-state index contributed by atoms with van der Waals surface area (Å²) in [5.74, 6) is -0.793. The summed E-state index contributed by atoms with van der Waals surface area (Å²) < 4.78 is 35.7. The number of carbonyl (C=O) groups excluding carboxylic acids is 1. The van der Waals surface area contributed by atoms with Gasteiger partial charge in [-0.2, -0.15) is 10.4 Å². The second-order valence-corrected chi connectivity index (χ2v) is 11.4. The highest BCUT2D eigenvalue weighted by Crippen LogP contribution is 2.36. The summed E-state index contributed by atoms with van der Waals surface area (Å²) in [4.78, 5) is 21.0. The molecule has 12 heteroatoms. The van der Waals surface area contributed by atoms with E-state index in [9.17, 15) is 14.4 Å². The van der Waals surface area contributed by atoms with Crippen molar-refractivity contribution in [2.75, 3.05) is 36.4 Å². The highest BCUT2D eigenvalue weighted by Gasteiger charge is 2.28. The Bertz CT molecular complexity index is 1590. The predicted molar refractivity (Wildman–Crippen MR) is 150 cm³/mol. The fraction of sp³-hybridized carbons (Fsp3) is 0.357. The highest BCUT2D eigenvalue weighted by molar-refractivity contribution is 7.16. The average Bonchev–Trinajstić information content (AvgIpc) is 3.48. The van der Waals surface area contributed by atoms with Gasteiger partial charge in [-0.05, 0) is 57.5 Å². The second-order valence-electron chi connectivity index (χ2n) is 10.4. The van der Waals surface area contributed by atoms with Gasteiger partial charge in [0.1, 0.15) is 28.1 Å². The van der Waals surface area contributed by atoms with Gasteiger partial charge in [-0.25, -0.2) is 23.1 Å². The van der Waals surface area contributed by atoms with E-state index in [-0.39, 0.29) is 11.9 Å². The van der Waals surface area contributed by atoms with Gasteiger partial charge in [-0.3, -0.25) is 0 Å². The molecular formula is C28H29F2N7O2S. The molecule has 5 rings (SSSR count). The molecule has 1 aliphatic rings. The van der Waals surface area contributed by atoms with E-state index in [0.29, 0.717) is 76.5 Å². The fourth-order valence-corrected chi connectivity index (χ4v) is 5.34. The van der Waals surface area contributed by atoms with E-state index in [1.165, 1.54) is 34.2 Å². The molecule has 208 valence electrons. The number of ether oxygens (including phenoxy) is 1. The van der Waals surface area contributed by atoms with E-state index in [2.05, 4.69) is 21.5 Å². The van der Waals surface area contributed by atoms with Crippen LogP contribution in [0.4, 0.5) is 30.1 Å². The van der Waals surface area contributed by atoms with Gasteiger partial charge in [0.15, 0.2) is 10.9 Å². The molecule has 9 nitrogen and oxygen atoms in total. The van der Waals surface area contributed by atoms with E-state index in [4.69, 9.17) is 4.74 Å². The Morgan fingerprint density at radius 1 is 1.18 bits per heavy atom. The molecule has 0 saturated carbocycles. The quantitative estimate of drug-likeness (QED) is 0.318. The van der Waals surface area contributed by atoms with Gasteiger partial charge in [-0.1, -0.05) is 18.3 Å². The molecule has 4 aromatic rings. The summed E-state index contributed by atoms with van der Waals surface area (Å²) in [7, 11) is 0. The number of benzene rings is 1. The molecule has 1 aliphatic heterocycles. The fourth-order valence-electron chi connectivity index (χ4n) is 4.55. The molecule has 40 heavy (non-hydrogen) atoms. The molecule has 1 aromatic carbocycles. The summed E-state index contributed by atoms with van der Waals surface area (Å²) in [6.45, 7) is 9.13. The Labute approximate surface area is 234 Å². The number of pyridine rings is 1. The smallest absolute Gasteiger partial charge is 0.410 e. The maximum atomic E-state index is 15.3. The molecule has 0 spiro atoms. The van der Waals surface area contributed by atoms with Crippen LogP contribution in [0.1, 0.15) is 38.3 Å². The van der Waals surface area contributed by atoms with Gasteiger partial charge in [-0.15, -0.1) is 0 Å². The number of piperazine rings is 1. The number of fused-ring (bicyclic) bond motifs is 1. The number of nitrogens with one attached hydrogen (secondary N) is 1. The normalized spacial score (nSPS) is 13.9. The number of aromatic nitrogens is 3. The Morgan fingerprint density at radius 3 is 2.50 bits per heavy atom. The number of anilines is 3. The van der Waals surface area contributed by atoms with Crippen molar-refractivity contribution in [2.24, 2.45) is 0 Å². The van der Waals surface area contributed by atoms with Crippen molar-refractivity contribution in [1.29, 1.82) is 5.26 Å². The number of halogens is 2. The number of hydrogen-bond acceptors (Lipinski definition) is 8. The number of thiazole rings is 1. The Hall–Kier alpha value is -4.24. The number of nitriles is 1. The SMILES string of the molecule is CCc1nn2cc(F)c(N3CCN(C(=O)OC(C)(C)C)CC3)cc2c1Nc1nc(-c2ccc(F)cc2)c(C#N)s1. The van der Waals surface area contributed by atoms with Crippen LogP contribution in [0.25, 0.3) is 16.8 Å². The van der Waals surface area contributed by atoms with Crippen LogP contribution >= 0.6 is 11.3 Å². The van der Waals surface area contributed by atoms with Gasteiger partial charge < -0.3 is 19.9 Å². The second kappa shape index (κ2) is 10.7. The molecular weight excluding hydrogens is 536 g/mol. The zero-order valence-corrected chi connectivity index (χ0v) is 23.5.